The summed E-state index contributed by atoms with van der Waals surface area (Å²) >= 11 is 13.6. The number of aromatic nitrogens is 1. The second kappa shape index (κ2) is 10.1. The molecule has 0 fully saturated rings. The van der Waals surface area contributed by atoms with Crippen LogP contribution in [0.3, 0.4) is 0 Å². The van der Waals surface area contributed by atoms with Crippen LogP contribution in [0.25, 0.3) is 21.8 Å². The number of hydrogen-bond donors (Lipinski definition) is 1. The van der Waals surface area contributed by atoms with Gasteiger partial charge in [-0.25, -0.2) is 4.98 Å². The molecule has 0 radical (unpaired) electrons. The first-order valence-corrected chi connectivity index (χ1v) is 11.5. The summed E-state index contributed by atoms with van der Waals surface area (Å²) in [7, 11) is 0. The number of nitrogens with zero attached hydrogens (tertiary/aromatic N) is 1. The summed E-state index contributed by atoms with van der Waals surface area (Å²) in [6.45, 7) is 0. The van der Waals surface area contributed by atoms with Crippen LogP contribution in [0.5, 0.6) is 0 Å². The number of amides is 1. The zero-order valence-corrected chi connectivity index (χ0v) is 19.2. The fourth-order valence-electron chi connectivity index (χ4n) is 3.15. The minimum absolute atomic E-state index is 0.0963. The molecule has 0 aliphatic carbocycles. The number of carbonyl (C=O) groups is 2. The predicted molar refractivity (Wildman–Crippen MR) is 132 cm³/mol. The van der Waals surface area contributed by atoms with Crippen molar-refractivity contribution in [3.8, 4) is 21.8 Å². The molecule has 0 aliphatic rings. The SMILES string of the molecule is O=C(CCC(=O)c1ccc(Cl)cc1)Nc1cccc(-c2csc(-c3ccccc3Cl)n2)c1. The molecule has 160 valence electrons. The molecule has 0 atom stereocenters. The van der Waals surface area contributed by atoms with Crippen LogP contribution < -0.4 is 5.32 Å². The lowest BCUT2D eigenvalue weighted by molar-refractivity contribution is -0.116. The zero-order valence-electron chi connectivity index (χ0n) is 16.8. The second-order valence-electron chi connectivity index (χ2n) is 7.08. The van der Waals surface area contributed by atoms with Gasteiger partial charge in [0.25, 0.3) is 0 Å². The van der Waals surface area contributed by atoms with Gasteiger partial charge in [-0.15, -0.1) is 11.3 Å². The molecular formula is C25H18Cl2N2O2S. The molecule has 3 aromatic carbocycles. The quantitative estimate of drug-likeness (QED) is 0.280. The van der Waals surface area contributed by atoms with Crippen molar-refractivity contribution in [3.05, 3.63) is 93.8 Å². The predicted octanol–water partition coefficient (Wildman–Crippen LogP) is 7.39. The molecule has 1 N–H and O–H groups in total. The van der Waals surface area contributed by atoms with Crippen LogP contribution in [0.1, 0.15) is 23.2 Å². The molecule has 32 heavy (non-hydrogen) atoms. The average Bonchev–Trinajstić information content (AvgIpc) is 3.28. The Bertz CT molecular complexity index is 1270. The van der Waals surface area contributed by atoms with Crippen LogP contribution in [0.4, 0.5) is 5.69 Å². The lowest BCUT2D eigenvalue weighted by atomic mass is 10.1. The van der Waals surface area contributed by atoms with Crippen LogP contribution in [0.2, 0.25) is 10.0 Å². The largest absolute Gasteiger partial charge is 0.326 e. The highest BCUT2D eigenvalue weighted by Crippen LogP contribution is 2.33. The fraction of sp³-hybridized carbons (Fsp3) is 0.0800. The van der Waals surface area contributed by atoms with Gasteiger partial charge in [0, 0.05) is 45.6 Å². The van der Waals surface area contributed by atoms with E-state index in [1.165, 1.54) is 11.3 Å². The highest BCUT2D eigenvalue weighted by Gasteiger charge is 2.12. The number of carbonyl (C=O) groups excluding carboxylic acids is 2. The van der Waals surface area contributed by atoms with Crippen LogP contribution >= 0.6 is 34.5 Å². The summed E-state index contributed by atoms with van der Waals surface area (Å²) in [5, 5.41) is 6.88. The van der Waals surface area contributed by atoms with E-state index < -0.39 is 0 Å². The van der Waals surface area contributed by atoms with E-state index in [4.69, 9.17) is 28.2 Å². The van der Waals surface area contributed by atoms with E-state index >= 15 is 0 Å². The molecular weight excluding hydrogens is 463 g/mol. The molecule has 1 heterocycles. The van der Waals surface area contributed by atoms with Gasteiger partial charge in [-0.05, 0) is 42.5 Å². The third-order valence-electron chi connectivity index (χ3n) is 4.80. The van der Waals surface area contributed by atoms with Gasteiger partial charge >= 0.3 is 0 Å². The number of benzene rings is 3. The molecule has 4 rings (SSSR count). The average molecular weight is 481 g/mol. The summed E-state index contributed by atoms with van der Waals surface area (Å²) in [4.78, 5) is 29.3. The van der Waals surface area contributed by atoms with Gasteiger partial charge in [-0.3, -0.25) is 9.59 Å². The van der Waals surface area contributed by atoms with E-state index in [1.54, 1.807) is 24.3 Å². The Kier molecular flexibility index (Phi) is 7.00. The molecule has 1 aromatic heterocycles. The third-order valence-corrected chi connectivity index (χ3v) is 6.25. The number of anilines is 1. The van der Waals surface area contributed by atoms with Crippen molar-refractivity contribution in [1.82, 2.24) is 4.98 Å². The second-order valence-corrected chi connectivity index (χ2v) is 8.78. The first-order valence-electron chi connectivity index (χ1n) is 9.89. The van der Waals surface area contributed by atoms with Gasteiger partial charge in [0.2, 0.25) is 5.91 Å². The molecule has 7 heteroatoms. The fourth-order valence-corrected chi connectivity index (χ4v) is 4.43. The third kappa shape index (κ3) is 5.43. The van der Waals surface area contributed by atoms with Crippen molar-refractivity contribution in [2.75, 3.05) is 5.32 Å². The first kappa shape index (κ1) is 22.2. The first-order chi connectivity index (χ1) is 15.5. The number of halogens is 2. The highest BCUT2D eigenvalue weighted by molar-refractivity contribution is 7.13. The lowest BCUT2D eigenvalue weighted by Crippen LogP contribution is -2.13. The number of rotatable bonds is 7. The standard InChI is InChI=1S/C25H18Cl2N2O2S/c26-18-10-8-16(9-11-18)23(30)12-13-24(31)28-19-5-3-4-17(14-19)22-15-32-25(29-22)20-6-1-2-7-21(20)27/h1-11,14-15H,12-13H2,(H,28,31). The van der Waals surface area contributed by atoms with Crippen molar-refractivity contribution >= 4 is 51.9 Å². The Hall–Kier alpha value is -2.99. The van der Waals surface area contributed by atoms with Crippen molar-refractivity contribution in [2.24, 2.45) is 0 Å². The number of ketones is 1. The van der Waals surface area contributed by atoms with Crippen LogP contribution in [0.15, 0.2) is 78.2 Å². The van der Waals surface area contributed by atoms with E-state index in [0.717, 1.165) is 21.8 Å². The molecule has 0 saturated carbocycles. The maximum atomic E-state index is 12.4. The van der Waals surface area contributed by atoms with Crippen LogP contribution in [0, 0.1) is 0 Å². The van der Waals surface area contributed by atoms with Gasteiger partial charge < -0.3 is 5.32 Å². The smallest absolute Gasteiger partial charge is 0.224 e. The molecule has 1 amide bonds. The Morgan fingerprint density at radius 3 is 2.47 bits per heavy atom. The molecule has 0 aliphatic heterocycles. The van der Waals surface area contributed by atoms with Crippen molar-refractivity contribution in [1.29, 1.82) is 0 Å². The van der Waals surface area contributed by atoms with E-state index in [9.17, 15) is 9.59 Å². The van der Waals surface area contributed by atoms with E-state index in [0.29, 0.717) is 21.3 Å². The van der Waals surface area contributed by atoms with Crippen LogP contribution in [-0.2, 0) is 4.79 Å². The molecule has 0 bridgehead atoms. The molecule has 4 nitrogen and oxygen atoms in total. The molecule has 4 aromatic rings. The van der Waals surface area contributed by atoms with Gasteiger partial charge in [-0.2, -0.15) is 0 Å². The molecule has 0 spiro atoms. The topological polar surface area (TPSA) is 59.1 Å². The van der Waals surface area contributed by atoms with Gasteiger partial charge in [0.15, 0.2) is 5.78 Å². The Labute approximate surface area is 199 Å². The minimum atomic E-state index is -0.223. The number of nitrogens with one attached hydrogen (secondary N) is 1. The Morgan fingerprint density at radius 2 is 1.69 bits per heavy atom. The van der Waals surface area contributed by atoms with Crippen LogP contribution in [-0.4, -0.2) is 16.7 Å². The van der Waals surface area contributed by atoms with E-state index in [2.05, 4.69) is 5.32 Å². The lowest BCUT2D eigenvalue weighted by Gasteiger charge is -2.07. The van der Waals surface area contributed by atoms with E-state index in [-0.39, 0.29) is 24.5 Å². The summed E-state index contributed by atoms with van der Waals surface area (Å²) in [6, 6.07) is 21.7. The number of thiazole rings is 1. The summed E-state index contributed by atoms with van der Waals surface area (Å²) in [5.74, 6) is -0.320. The minimum Gasteiger partial charge on any atom is -0.326 e. The Balaban J connectivity index is 1.40. The summed E-state index contributed by atoms with van der Waals surface area (Å²) < 4.78 is 0. The highest BCUT2D eigenvalue weighted by atomic mass is 35.5. The Morgan fingerprint density at radius 1 is 0.906 bits per heavy atom. The molecule has 0 saturated heterocycles. The van der Waals surface area contributed by atoms with Gasteiger partial charge in [0.1, 0.15) is 5.01 Å². The monoisotopic (exact) mass is 480 g/mol. The maximum Gasteiger partial charge on any atom is 0.224 e. The number of hydrogen-bond acceptors (Lipinski definition) is 4. The van der Waals surface area contributed by atoms with Gasteiger partial charge in [0.05, 0.1) is 10.7 Å². The maximum absolute atomic E-state index is 12.4. The van der Waals surface area contributed by atoms with Gasteiger partial charge in [-0.1, -0.05) is 53.5 Å². The summed E-state index contributed by atoms with van der Waals surface area (Å²) in [5.41, 5.74) is 3.77. The van der Waals surface area contributed by atoms with Crippen molar-refractivity contribution in [3.63, 3.8) is 0 Å². The zero-order chi connectivity index (χ0) is 22.5. The van der Waals surface area contributed by atoms with Crippen molar-refractivity contribution in [2.45, 2.75) is 12.8 Å². The summed E-state index contributed by atoms with van der Waals surface area (Å²) in [6.07, 6.45) is 0.222. The normalized spacial score (nSPS) is 10.7. The molecule has 0 unspecified atom stereocenters. The van der Waals surface area contributed by atoms with E-state index in [1.807, 2.05) is 53.9 Å². The number of Topliss-reactive ketones (excluding diaryl/α,β-unsaturated/α-hetero) is 1. The van der Waals surface area contributed by atoms with Crippen molar-refractivity contribution < 1.29 is 9.59 Å².